The molecule has 2 aliphatic rings. The van der Waals surface area contributed by atoms with E-state index in [1.165, 1.54) is 25.7 Å². The molecule has 0 amide bonds. The summed E-state index contributed by atoms with van der Waals surface area (Å²) in [7, 11) is 0. The van der Waals surface area contributed by atoms with Gasteiger partial charge in [-0.1, -0.05) is 12.2 Å². The van der Waals surface area contributed by atoms with Crippen LogP contribution in [0.1, 0.15) is 36.9 Å². The van der Waals surface area contributed by atoms with Crippen LogP contribution in [0.15, 0.2) is 12.1 Å². The van der Waals surface area contributed by atoms with Crippen LogP contribution in [-0.4, -0.2) is 22.6 Å². The zero-order chi connectivity index (χ0) is 12.7. The van der Waals surface area contributed by atoms with Crippen molar-refractivity contribution >= 4 is 23.0 Å². The highest BCUT2D eigenvalue weighted by Gasteiger charge is 2.34. The van der Waals surface area contributed by atoms with Gasteiger partial charge in [0.15, 0.2) is 0 Å². The molecule has 0 saturated heterocycles. The van der Waals surface area contributed by atoms with E-state index in [1.807, 2.05) is 13.0 Å². The van der Waals surface area contributed by atoms with E-state index in [4.69, 9.17) is 18.0 Å². The zero-order valence-electron chi connectivity index (χ0n) is 10.7. The average molecular weight is 261 g/mol. The zero-order valence-corrected chi connectivity index (χ0v) is 11.5. The molecule has 0 bridgehead atoms. The topological polar surface area (TPSA) is 42.1 Å². The molecule has 0 atom stereocenters. The van der Waals surface area contributed by atoms with Crippen LogP contribution in [0.25, 0.3) is 0 Å². The molecule has 2 N–H and O–H groups in total. The first-order valence-electron chi connectivity index (χ1n) is 6.68. The van der Waals surface area contributed by atoms with Gasteiger partial charge in [0.25, 0.3) is 0 Å². The molecule has 0 radical (unpaired) electrons. The number of rotatable bonds is 5. The molecule has 1 aromatic rings. The summed E-state index contributed by atoms with van der Waals surface area (Å²) in [4.78, 5) is 7.60. The molecule has 3 rings (SSSR count). The van der Waals surface area contributed by atoms with Crippen molar-refractivity contribution in [1.29, 1.82) is 0 Å². The van der Waals surface area contributed by atoms with Crippen LogP contribution in [-0.2, 0) is 0 Å². The predicted octanol–water partition coefficient (Wildman–Crippen LogP) is 2.40. The van der Waals surface area contributed by atoms with Crippen molar-refractivity contribution in [1.82, 2.24) is 4.98 Å². The first-order valence-corrected chi connectivity index (χ1v) is 7.09. The van der Waals surface area contributed by atoms with Crippen LogP contribution >= 0.6 is 12.2 Å². The first kappa shape index (κ1) is 11.9. The third kappa shape index (κ3) is 2.64. The lowest BCUT2D eigenvalue weighted by Crippen LogP contribution is -2.29. The Labute approximate surface area is 113 Å². The highest BCUT2D eigenvalue weighted by atomic mass is 32.1. The number of thiocarbonyl (C=S) groups is 1. The van der Waals surface area contributed by atoms with Gasteiger partial charge in [0.05, 0.1) is 0 Å². The summed E-state index contributed by atoms with van der Waals surface area (Å²) in [6.45, 7) is 3.16. The Hall–Kier alpha value is -1.16. The van der Waals surface area contributed by atoms with Gasteiger partial charge >= 0.3 is 0 Å². The summed E-state index contributed by atoms with van der Waals surface area (Å²) < 4.78 is 0. The molecule has 3 nitrogen and oxygen atoms in total. The minimum absolute atomic E-state index is 0.462. The number of hydrogen-bond acceptors (Lipinski definition) is 3. The second-order valence-electron chi connectivity index (χ2n) is 5.55. The first-order chi connectivity index (χ1) is 8.63. The van der Waals surface area contributed by atoms with Crippen LogP contribution in [0.5, 0.6) is 0 Å². The molecule has 2 saturated carbocycles. The van der Waals surface area contributed by atoms with Crippen molar-refractivity contribution in [2.45, 2.75) is 38.6 Å². The number of aromatic nitrogens is 1. The third-order valence-corrected chi connectivity index (χ3v) is 3.89. The Kier molecular flexibility index (Phi) is 2.98. The maximum absolute atomic E-state index is 5.74. The molecule has 96 valence electrons. The van der Waals surface area contributed by atoms with Crippen molar-refractivity contribution in [2.75, 3.05) is 11.4 Å². The molecular weight excluding hydrogens is 242 g/mol. The summed E-state index contributed by atoms with van der Waals surface area (Å²) in [6, 6.07) is 4.71. The van der Waals surface area contributed by atoms with Crippen molar-refractivity contribution < 1.29 is 0 Å². The lowest BCUT2D eigenvalue weighted by molar-refractivity contribution is 0.708. The van der Waals surface area contributed by atoms with Gasteiger partial charge in [0.1, 0.15) is 10.8 Å². The molecular formula is C14H19N3S. The van der Waals surface area contributed by atoms with E-state index in [1.54, 1.807) is 0 Å². The largest absolute Gasteiger partial charge is 0.389 e. The molecule has 18 heavy (non-hydrogen) atoms. The molecule has 0 aromatic carbocycles. The number of pyridine rings is 1. The predicted molar refractivity (Wildman–Crippen MR) is 78.0 cm³/mol. The van der Waals surface area contributed by atoms with Crippen molar-refractivity contribution in [3.8, 4) is 0 Å². The van der Waals surface area contributed by atoms with Crippen LogP contribution in [0.4, 0.5) is 5.82 Å². The molecule has 1 aromatic heterocycles. The number of anilines is 1. The summed E-state index contributed by atoms with van der Waals surface area (Å²) in [6.07, 6.45) is 5.34. The fraction of sp³-hybridized carbons (Fsp3) is 0.571. The van der Waals surface area contributed by atoms with Crippen molar-refractivity contribution in [3.05, 3.63) is 23.4 Å². The molecule has 1 heterocycles. The van der Waals surface area contributed by atoms with Gasteiger partial charge in [-0.3, -0.25) is 0 Å². The molecule has 2 aliphatic carbocycles. The molecule has 4 heteroatoms. The quantitative estimate of drug-likeness (QED) is 0.827. The monoisotopic (exact) mass is 261 g/mol. The van der Waals surface area contributed by atoms with Crippen LogP contribution in [0.3, 0.4) is 0 Å². The smallest absolute Gasteiger partial charge is 0.129 e. The van der Waals surface area contributed by atoms with E-state index in [2.05, 4.69) is 16.0 Å². The number of nitrogens with two attached hydrogens (primary N) is 1. The van der Waals surface area contributed by atoms with E-state index in [-0.39, 0.29) is 0 Å². The summed E-state index contributed by atoms with van der Waals surface area (Å²) >= 11 is 5.08. The van der Waals surface area contributed by atoms with Gasteiger partial charge in [-0.2, -0.15) is 0 Å². The van der Waals surface area contributed by atoms with Gasteiger partial charge in [-0.25, -0.2) is 4.98 Å². The highest BCUT2D eigenvalue weighted by molar-refractivity contribution is 7.80. The summed E-state index contributed by atoms with van der Waals surface area (Å²) in [5, 5.41) is 0. The Morgan fingerprint density at radius 3 is 2.67 bits per heavy atom. The third-order valence-electron chi connectivity index (χ3n) is 3.66. The van der Waals surface area contributed by atoms with E-state index < -0.39 is 0 Å². The van der Waals surface area contributed by atoms with Crippen LogP contribution in [0, 0.1) is 12.8 Å². The minimum Gasteiger partial charge on any atom is -0.389 e. The SMILES string of the molecule is Cc1cc(C(N)=S)cc(N(CC2CC2)C2CC2)n1. The van der Waals surface area contributed by atoms with Crippen molar-refractivity contribution in [3.63, 3.8) is 0 Å². The van der Waals surface area contributed by atoms with Crippen molar-refractivity contribution in [2.24, 2.45) is 11.7 Å². The Morgan fingerprint density at radius 2 is 2.11 bits per heavy atom. The highest BCUT2D eigenvalue weighted by Crippen LogP contribution is 2.37. The molecule has 0 spiro atoms. The van der Waals surface area contributed by atoms with E-state index in [0.717, 1.165) is 29.5 Å². The number of hydrogen-bond donors (Lipinski definition) is 1. The normalized spacial score (nSPS) is 18.7. The standard InChI is InChI=1S/C14H19N3S/c1-9-6-11(14(15)18)7-13(16-9)17(12-4-5-12)8-10-2-3-10/h6-7,10,12H,2-5,8H2,1H3,(H2,15,18). The minimum atomic E-state index is 0.462. The fourth-order valence-electron chi connectivity index (χ4n) is 2.33. The second-order valence-corrected chi connectivity index (χ2v) is 5.99. The number of nitrogens with zero attached hydrogens (tertiary/aromatic N) is 2. The maximum atomic E-state index is 5.74. The second kappa shape index (κ2) is 4.50. The maximum Gasteiger partial charge on any atom is 0.129 e. The molecule has 2 fully saturated rings. The summed E-state index contributed by atoms with van der Waals surface area (Å²) in [5.74, 6) is 1.94. The van der Waals surface area contributed by atoms with E-state index in [0.29, 0.717) is 11.0 Å². The molecule has 0 aliphatic heterocycles. The average Bonchev–Trinajstić information content (AvgIpc) is 3.17. The molecule has 0 unspecified atom stereocenters. The number of aryl methyl sites for hydroxylation is 1. The van der Waals surface area contributed by atoms with Gasteiger partial charge in [0.2, 0.25) is 0 Å². The van der Waals surface area contributed by atoms with Gasteiger partial charge in [-0.15, -0.1) is 0 Å². The Bertz CT molecular complexity index is 478. The van der Waals surface area contributed by atoms with Crippen LogP contribution < -0.4 is 10.6 Å². The van der Waals surface area contributed by atoms with Gasteiger partial charge in [-0.05, 0) is 50.7 Å². The summed E-state index contributed by atoms with van der Waals surface area (Å²) in [5.41, 5.74) is 7.68. The Balaban J connectivity index is 1.89. The van der Waals surface area contributed by atoms with Crippen LogP contribution in [0.2, 0.25) is 0 Å². The van der Waals surface area contributed by atoms with E-state index >= 15 is 0 Å². The lowest BCUT2D eigenvalue weighted by Gasteiger charge is -2.24. The van der Waals surface area contributed by atoms with Gasteiger partial charge < -0.3 is 10.6 Å². The fourth-order valence-corrected chi connectivity index (χ4v) is 2.45. The van der Waals surface area contributed by atoms with E-state index in [9.17, 15) is 0 Å². The van der Waals surface area contributed by atoms with Gasteiger partial charge in [0, 0.05) is 23.8 Å². The Morgan fingerprint density at radius 1 is 1.39 bits per heavy atom. The lowest BCUT2D eigenvalue weighted by atomic mass is 10.2.